The van der Waals surface area contributed by atoms with Gasteiger partial charge in [0.15, 0.2) is 0 Å². The molecule has 1 atom stereocenters. The molecule has 3 heterocycles. The highest BCUT2D eigenvalue weighted by Gasteiger charge is 2.31. The molecule has 2 amide bonds. The lowest BCUT2D eigenvalue weighted by Crippen LogP contribution is -2.50. The van der Waals surface area contributed by atoms with E-state index in [1.54, 1.807) is 0 Å². The maximum absolute atomic E-state index is 12.6. The van der Waals surface area contributed by atoms with Gasteiger partial charge in [0.1, 0.15) is 0 Å². The van der Waals surface area contributed by atoms with Gasteiger partial charge < -0.3 is 14.5 Å². The molecule has 0 saturated carbocycles. The second kappa shape index (κ2) is 8.11. The Bertz CT molecular complexity index is 417. The molecule has 6 heteroatoms. The van der Waals surface area contributed by atoms with E-state index in [4.69, 9.17) is 4.74 Å². The van der Waals surface area contributed by atoms with E-state index in [0.717, 1.165) is 51.9 Å². The number of likely N-dealkylation sites (tertiary alicyclic amines) is 2. The SMILES string of the molecule is O=C(CN1CCCC(C(=O)N2CCOCC2)C1)N1CCCCC1. The summed E-state index contributed by atoms with van der Waals surface area (Å²) in [5.41, 5.74) is 0. The van der Waals surface area contributed by atoms with Crippen LogP contribution in [0.3, 0.4) is 0 Å². The molecule has 0 aromatic heterocycles. The largest absolute Gasteiger partial charge is 0.378 e. The van der Waals surface area contributed by atoms with Crippen LogP contribution in [0.2, 0.25) is 0 Å². The van der Waals surface area contributed by atoms with E-state index < -0.39 is 0 Å². The number of hydrogen-bond donors (Lipinski definition) is 0. The Kier molecular flexibility index (Phi) is 5.89. The lowest BCUT2D eigenvalue weighted by atomic mass is 9.96. The molecule has 0 aromatic carbocycles. The Hall–Kier alpha value is -1.14. The van der Waals surface area contributed by atoms with Crippen molar-refractivity contribution >= 4 is 11.8 Å². The zero-order valence-corrected chi connectivity index (χ0v) is 14.0. The summed E-state index contributed by atoms with van der Waals surface area (Å²) in [6, 6.07) is 0. The molecule has 0 aromatic rings. The van der Waals surface area contributed by atoms with Crippen molar-refractivity contribution in [2.75, 3.05) is 59.0 Å². The minimum absolute atomic E-state index is 0.0519. The summed E-state index contributed by atoms with van der Waals surface area (Å²) < 4.78 is 5.32. The molecule has 130 valence electrons. The van der Waals surface area contributed by atoms with Crippen LogP contribution in [-0.4, -0.2) is 85.5 Å². The zero-order valence-electron chi connectivity index (χ0n) is 14.0. The number of hydrogen-bond acceptors (Lipinski definition) is 4. The Morgan fingerprint density at radius 2 is 1.61 bits per heavy atom. The standard InChI is InChI=1S/C17H29N3O3/c21-16(19-7-2-1-3-8-19)14-18-6-4-5-15(13-18)17(22)20-9-11-23-12-10-20/h15H,1-14H2. The third-order valence-corrected chi connectivity index (χ3v) is 5.25. The predicted molar refractivity (Wildman–Crippen MR) is 87.0 cm³/mol. The van der Waals surface area contributed by atoms with Crippen molar-refractivity contribution in [3.63, 3.8) is 0 Å². The van der Waals surface area contributed by atoms with E-state index in [2.05, 4.69) is 4.90 Å². The van der Waals surface area contributed by atoms with Gasteiger partial charge in [-0.15, -0.1) is 0 Å². The van der Waals surface area contributed by atoms with Crippen LogP contribution >= 0.6 is 0 Å². The van der Waals surface area contributed by atoms with Crippen molar-refractivity contribution in [1.29, 1.82) is 0 Å². The number of morpholine rings is 1. The quantitative estimate of drug-likeness (QED) is 0.762. The van der Waals surface area contributed by atoms with Crippen molar-refractivity contribution in [2.24, 2.45) is 5.92 Å². The van der Waals surface area contributed by atoms with Crippen LogP contribution in [-0.2, 0) is 14.3 Å². The molecule has 1 unspecified atom stereocenters. The highest BCUT2D eigenvalue weighted by atomic mass is 16.5. The molecule has 3 aliphatic heterocycles. The van der Waals surface area contributed by atoms with Crippen molar-refractivity contribution in [1.82, 2.24) is 14.7 Å². The minimum Gasteiger partial charge on any atom is -0.378 e. The Labute approximate surface area is 138 Å². The zero-order chi connectivity index (χ0) is 16.1. The third kappa shape index (κ3) is 4.44. The normalized spacial score (nSPS) is 27.0. The van der Waals surface area contributed by atoms with E-state index in [1.807, 2.05) is 9.80 Å². The van der Waals surface area contributed by atoms with Gasteiger partial charge in [-0.3, -0.25) is 14.5 Å². The van der Waals surface area contributed by atoms with Gasteiger partial charge in [0.25, 0.3) is 0 Å². The second-order valence-corrected chi connectivity index (χ2v) is 6.95. The summed E-state index contributed by atoms with van der Waals surface area (Å²) in [6.45, 7) is 6.68. The van der Waals surface area contributed by atoms with Gasteiger partial charge in [-0.1, -0.05) is 0 Å². The molecule has 0 spiro atoms. The molecular weight excluding hydrogens is 294 g/mol. The van der Waals surface area contributed by atoms with Crippen LogP contribution in [0.25, 0.3) is 0 Å². The number of nitrogens with zero attached hydrogens (tertiary/aromatic N) is 3. The molecule has 23 heavy (non-hydrogen) atoms. The molecule has 3 rings (SSSR count). The van der Waals surface area contributed by atoms with Gasteiger partial charge >= 0.3 is 0 Å². The predicted octanol–water partition coefficient (Wildman–Crippen LogP) is 0.570. The molecule has 0 radical (unpaired) electrons. The first kappa shape index (κ1) is 16.7. The fourth-order valence-electron chi connectivity index (χ4n) is 3.88. The highest BCUT2D eigenvalue weighted by Crippen LogP contribution is 2.20. The number of rotatable bonds is 3. The van der Waals surface area contributed by atoms with Gasteiger partial charge in [0.2, 0.25) is 11.8 Å². The first-order valence-electron chi connectivity index (χ1n) is 9.11. The topological polar surface area (TPSA) is 53.1 Å². The number of piperidine rings is 2. The van der Waals surface area contributed by atoms with E-state index in [0.29, 0.717) is 32.8 Å². The molecule has 0 aliphatic carbocycles. The lowest BCUT2D eigenvalue weighted by Gasteiger charge is -2.37. The number of carbonyl (C=O) groups is 2. The molecule has 0 N–H and O–H groups in total. The average molecular weight is 323 g/mol. The summed E-state index contributed by atoms with van der Waals surface area (Å²) in [6.07, 6.45) is 5.45. The maximum Gasteiger partial charge on any atom is 0.236 e. The van der Waals surface area contributed by atoms with Crippen LogP contribution in [0.5, 0.6) is 0 Å². The van der Waals surface area contributed by atoms with Crippen LogP contribution in [0.1, 0.15) is 32.1 Å². The molecule has 3 aliphatic rings. The monoisotopic (exact) mass is 323 g/mol. The first-order chi connectivity index (χ1) is 11.2. The van der Waals surface area contributed by atoms with Crippen molar-refractivity contribution in [2.45, 2.75) is 32.1 Å². The van der Waals surface area contributed by atoms with Gasteiger partial charge in [-0.05, 0) is 38.6 Å². The van der Waals surface area contributed by atoms with E-state index in [-0.39, 0.29) is 17.7 Å². The van der Waals surface area contributed by atoms with Crippen molar-refractivity contribution < 1.29 is 14.3 Å². The minimum atomic E-state index is 0.0519. The average Bonchev–Trinajstić information content (AvgIpc) is 2.63. The summed E-state index contributed by atoms with van der Waals surface area (Å²) in [4.78, 5) is 31.2. The Morgan fingerprint density at radius 3 is 2.35 bits per heavy atom. The van der Waals surface area contributed by atoms with Crippen LogP contribution in [0.4, 0.5) is 0 Å². The molecule has 3 fully saturated rings. The van der Waals surface area contributed by atoms with Gasteiger partial charge in [0, 0.05) is 32.7 Å². The van der Waals surface area contributed by atoms with Crippen molar-refractivity contribution in [3.05, 3.63) is 0 Å². The lowest BCUT2D eigenvalue weighted by molar-refractivity contribution is -0.143. The molecule has 0 bridgehead atoms. The van der Waals surface area contributed by atoms with Crippen LogP contribution < -0.4 is 0 Å². The van der Waals surface area contributed by atoms with E-state index >= 15 is 0 Å². The Balaban J connectivity index is 1.49. The second-order valence-electron chi connectivity index (χ2n) is 6.95. The maximum atomic E-state index is 12.6. The van der Waals surface area contributed by atoms with Gasteiger partial charge in [-0.25, -0.2) is 0 Å². The number of ether oxygens (including phenoxy) is 1. The molecular formula is C17H29N3O3. The summed E-state index contributed by atoms with van der Waals surface area (Å²) in [5.74, 6) is 0.545. The highest BCUT2D eigenvalue weighted by molar-refractivity contribution is 5.80. The van der Waals surface area contributed by atoms with Crippen LogP contribution in [0.15, 0.2) is 0 Å². The third-order valence-electron chi connectivity index (χ3n) is 5.25. The van der Waals surface area contributed by atoms with Crippen LogP contribution in [0, 0.1) is 5.92 Å². The fourth-order valence-corrected chi connectivity index (χ4v) is 3.88. The first-order valence-corrected chi connectivity index (χ1v) is 9.11. The van der Waals surface area contributed by atoms with E-state index in [9.17, 15) is 9.59 Å². The molecule has 6 nitrogen and oxygen atoms in total. The summed E-state index contributed by atoms with van der Waals surface area (Å²) >= 11 is 0. The Morgan fingerprint density at radius 1 is 0.870 bits per heavy atom. The van der Waals surface area contributed by atoms with Crippen molar-refractivity contribution in [3.8, 4) is 0 Å². The fraction of sp³-hybridized carbons (Fsp3) is 0.882. The van der Waals surface area contributed by atoms with Gasteiger partial charge in [-0.2, -0.15) is 0 Å². The van der Waals surface area contributed by atoms with E-state index in [1.165, 1.54) is 6.42 Å². The smallest absolute Gasteiger partial charge is 0.236 e. The van der Waals surface area contributed by atoms with Gasteiger partial charge in [0.05, 0.1) is 25.7 Å². The summed E-state index contributed by atoms with van der Waals surface area (Å²) in [5, 5.41) is 0. The summed E-state index contributed by atoms with van der Waals surface area (Å²) in [7, 11) is 0. The number of carbonyl (C=O) groups excluding carboxylic acids is 2. The molecule has 3 saturated heterocycles. The number of amides is 2.